The summed E-state index contributed by atoms with van der Waals surface area (Å²) in [6.07, 6.45) is -0.379. The van der Waals surface area contributed by atoms with Crippen molar-refractivity contribution in [3.8, 4) is 0 Å². The molecule has 8 heteroatoms. The molecule has 0 aromatic heterocycles. The van der Waals surface area contributed by atoms with Crippen molar-refractivity contribution in [2.45, 2.75) is 6.42 Å². The van der Waals surface area contributed by atoms with E-state index in [4.69, 9.17) is 11.6 Å². The number of anilines is 1. The van der Waals surface area contributed by atoms with Crippen molar-refractivity contribution in [3.63, 3.8) is 0 Å². The number of rotatable bonds is 3. The third kappa shape index (κ3) is 2.85. The Bertz CT molecular complexity index is 544. The molecule has 0 unspecified atom stereocenters. The number of nitrogens with zero attached hydrogens (tertiary/aromatic N) is 1. The largest absolute Gasteiger partial charge is 0.449 e. The van der Waals surface area contributed by atoms with Crippen LogP contribution in [-0.2, 0) is 14.9 Å². The van der Waals surface area contributed by atoms with Gasteiger partial charge in [-0.15, -0.1) is 0 Å². The third-order valence-corrected chi connectivity index (χ3v) is 3.97. The van der Waals surface area contributed by atoms with Gasteiger partial charge in [0.15, 0.2) is 0 Å². The molecule has 1 heterocycles. The van der Waals surface area contributed by atoms with E-state index < -0.39 is 16.3 Å². The van der Waals surface area contributed by atoms with E-state index in [-0.39, 0.29) is 13.2 Å². The van der Waals surface area contributed by atoms with Crippen LogP contribution in [-0.4, -0.2) is 32.0 Å². The SMILES string of the molecule is O=C1OCCCN1S(=O)(=O)Nc1ccc(Cl)cc1. The second-order valence-corrected chi connectivity index (χ2v) is 5.69. The minimum atomic E-state index is -3.93. The number of benzene rings is 1. The Hall–Kier alpha value is -1.47. The minimum absolute atomic E-state index is 0.113. The highest BCUT2D eigenvalue weighted by Gasteiger charge is 2.31. The first kappa shape index (κ1) is 13.0. The first-order chi connectivity index (χ1) is 8.49. The van der Waals surface area contributed by atoms with Gasteiger partial charge >= 0.3 is 16.3 Å². The third-order valence-electron chi connectivity index (χ3n) is 2.32. The molecule has 1 amide bonds. The molecule has 0 radical (unpaired) electrons. The summed E-state index contributed by atoms with van der Waals surface area (Å²) in [5, 5.41) is 0.496. The lowest BCUT2D eigenvalue weighted by molar-refractivity contribution is 0.101. The molecule has 1 aromatic rings. The van der Waals surface area contributed by atoms with Gasteiger partial charge in [0, 0.05) is 18.0 Å². The van der Waals surface area contributed by atoms with Gasteiger partial charge < -0.3 is 4.74 Å². The van der Waals surface area contributed by atoms with Gasteiger partial charge in [-0.05, 0) is 24.3 Å². The summed E-state index contributed by atoms with van der Waals surface area (Å²) in [6.45, 7) is 0.355. The fraction of sp³-hybridized carbons (Fsp3) is 0.300. The molecule has 0 atom stereocenters. The Morgan fingerprint density at radius 2 is 1.94 bits per heavy atom. The van der Waals surface area contributed by atoms with Crippen LogP contribution in [0.5, 0.6) is 0 Å². The molecule has 98 valence electrons. The van der Waals surface area contributed by atoms with Crippen molar-refractivity contribution in [2.75, 3.05) is 17.9 Å². The standard InChI is InChI=1S/C10H11ClN2O4S/c11-8-2-4-9(5-3-8)12-18(15,16)13-6-1-7-17-10(13)14/h2-5,12H,1,6-7H2. The number of amides is 1. The van der Waals surface area contributed by atoms with E-state index in [1.807, 2.05) is 0 Å². The van der Waals surface area contributed by atoms with Crippen LogP contribution < -0.4 is 4.72 Å². The van der Waals surface area contributed by atoms with Gasteiger partial charge in [0.25, 0.3) is 0 Å². The van der Waals surface area contributed by atoms with Crippen molar-refractivity contribution in [1.29, 1.82) is 0 Å². The number of cyclic esters (lactones) is 1. The average molecular weight is 291 g/mol. The van der Waals surface area contributed by atoms with Crippen LogP contribution in [0.15, 0.2) is 24.3 Å². The number of hydrogen-bond acceptors (Lipinski definition) is 4. The first-order valence-corrected chi connectivity index (χ1v) is 7.04. The van der Waals surface area contributed by atoms with E-state index >= 15 is 0 Å². The van der Waals surface area contributed by atoms with Gasteiger partial charge in [0.05, 0.1) is 12.3 Å². The summed E-state index contributed by atoms with van der Waals surface area (Å²) in [5.74, 6) is 0. The molecular formula is C10H11ClN2O4S. The van der Waals surface area contributed by atoms with Crippen molar-refractivity contribution < 1.29 is 17.9 Å². The number of ether oxygens (including phenoxy) is 1. The minimum Gasteiger partial charge on any atom is -0.449 e. The molecule has 6 nitrogen and oxygen atoms in total. The Balaban J connectivity index is 2.16. The summed E-state index contributed by atoms with van der Waals surface area (Å²) in [5.41, 5.74) is 0.331. The normalized spacial score (nSPS) is 16.3. The summed E-state index contributed by atoms with van der Waals surface area (Å²) in [4.78, 5) is 11.3. The highest BCUT2D eigenvalue weighted by molar-refractivity contribution is 7.90. The lowest BCUT2D eigenvalue weighted by Crippen LogP contribution is -2.44. The van der Waals surface area contributed by atoms with Gasteiger partial charge in [0.2, 0.25) is 0 Å². The second kappa shape index (κ2) is 5.03. The van der Waals surface area contributed by atoms with Gasteiger partial charge in [-0.2, -0.15) is 12.7 Å². The molecule has 1 N–H and O–H groups in total. The van der Waals surface area contributed by atoms with Crippen LogP contribution in [0.1, 0.15) is 6.42 Å². The maximum Gasteiger partial charge on any atom is 0.424 e. The molecule has 1 fully saturated rings. The fourth-order valence-corrected chi connectivity index (χ4v) is 2.76. The summed E-state index contributed by atoms with van der Waals surface area (Å²) in [6, 6.07) is 6.12. The van der Waals surface area contributed by atoms with E-state index in [9.17, 15) is 13.2 Å². The van der Waals surface area contributed by atoms with Crippen LogP contribution in [0.2, 0.25) is 5.02 Å². The fourth-order valence-electron chi connectivity index (χ4n) is 1.47. The predicted molar refractivity (Wildman–Crippen MR) is 66.7 cm³/mol. The van der Waals surface area contributed by atoms with Crippen LogP contribution in [0.3, 0.4) is 0 Å². The zero-order chi connectivity index (χ0) is 13.2. The quantitative estimate of drug-likeness (QED) is 0.921. The smallest absolute Gasteiger partial charge is 0.424 e. The number of nitrogens with one attached hydrogen (secondary N) is 1. The number of hydrogen-bond donors (Lipinski definition) is 1. The zero-order valence-electron chi connectivity index (χ0n) is 9.30. The summed E-state index contributed by atoms with van der Waals surface area (Å²) >= 11 is 5.69. The monoisotopic (exact) mass is 290 g/mol. The van der Waals surface area contributed by atoms with Gasteiger partial charge in [-0.1, -0.05) is 11.6 Å². The lowest BCUT2D eigenvalue weighted by Gasteiger charge is -2.25. The Labute approximate surface area is 110 Å². The Kier molecular flexibility index (Phi) is 3.63. The van der Waals surface area contributed by atoms with Gasteiger partial charge in [-0.25, -0.2) is 4.79 Å². The van der Waals surface area contributed by atoms with E-state index in [0.29, 0.717) is 21.4 Å². The molecule has 1 saturated heterocycles. The topological polar surface area (TPSA) is 75.7 Å². The highest BCUT2D eigenvalue weighted by atomic mass is 35.5. The number of halogens is 1. The van der Waals surface area contributed by atoms with Crippen molar-refractivity contribution in [1.82, 2.24) is 4.31 Å². The van der Waals surface area contributed by atoms with E-state index in [0.717, 1.165) is 0 Å². The lowest BCUT2D eigenvalue weighted by atomic mass is 10.3. The van der Waals surface area contributed by atoms with Crippen LogP contribution in [0, 0.1) is 0 Å². The molecule has 1 aliphatic heterocycles. The Morgan fingerprint density at radius 1 is 1.28 bits per heavy atom. The average Bonchev–Trinajstić information content (AvgIpc) is 2.32. The molecule has 0 aliphatic carbocycles. The zero-order valence-corrected chi connectivity index (χ0v) is 10.9. The van der Waals surface area contributed by atoms with E-state index in [1.165, 1.54) is 12.1 Å². The molecule has 0 bridgehead atoms. The summed E-state index contributed by atoms with van der Waals surface area (Å²) < 4.78 is 31.5. The van der Waals surface area contributed by atoms with E-state index in [2.05, 4.69) is 9.46 Å². The van der Waals surface area contributed by atoms with Crippen molar-refractivity contribution >= 4 is 33.6 Å². The van der Waals surface area contributed by atoms with Crippen LogP contribution in [0.4, 0.5) is 10.5 Å². The highest BCUT2D eigenvalue weighted by Crippen LogP contribution is 2.17. The molecule has 0 saturated carbocycles. The second-order valence-electron chi connectivity index (χ2n) is 3.65. The predicted octanol–water partition coefficient (Wildman–Crippen LogP) is 1.84. The molecule has 2 rings (SSSR count). The number of carbonyl (C=O) groups excluding carboxylic acids is 1. The van der Waals surface area contributed by atoms with Gasteiger partial charge in [0.1, 0.15) is 0 Å². The Morgan fingerprint density at radius 3 is 2.56 bits per heavy atom. The van der Waals surface area contributed by atoms with Crippen molar-refractivity contribution in [2.24, 2.45) is 0 Å². The van der Waals surface area contributed by atoms with E-state index in [1.54, 1.807) is 12.1 Å². The maximum absolute atomic E-state index is 11.9. The molecule has 18 heavy (non-hydrogen) atoms. The van der Waals surface area contributed by atoms with Gasteiger partial charge in [-0.3, -0.25) is 4.72 Å². The summed E-state index contributed by atoms with van der Waals surface area (Å²) in [7, 11) is -3.93. The molecule has 0 spiro atoms. The molecule has 1 aliphatic rings. The maximum atomic E-state index is 11.9. The first-order valence-electron chi connectivity index (χ1n) is 5.22. The van der Waals surface area contributed by atoms with Crippen LogP contribution >= 0.6 is 11.6 Å². The van der Waals surface area contributed by atoms with Crippen LogP contribution in [0.25, 0.3) is 0 Å². The number of carbonyl (C=O) groups is 1. The van der Waals surface area contributed by atoms with Crippen molar-refractivity contribution in [3.05, 3.63) is 29.3 Å². The molecular weight excluding hydrogens is 280 g/mol. The molecule has 1 aromatic carbocycles.